The van der Waals surface area contributed by atoms with Crippen molar-refractivity contribution in [2.45, 2.75) is 20.3 Å². The molecule has 0 fully saturated rings. The molecule has 0 aliphatic heterocycles. The lowest BCUT2D eigenvalue weighted by molar-refractivity contribution is -0.134. The van der Waals surface area contributed by atoms with Gasteiger partial charge in [0.2, 0.25) is 0 Å². The lowest BCUT2D eigenvalue weighted by atomic mass is 10.2. The summed E-state index contributed by atoms with van der Waals surface area (Å²) in [5.74, 6) is 0.0650. The average molecular weight is 232 g/mol. The Balaban J connectivity index is 2.47. The Labute approximate surface area is 97.8 Å². The molecule has 1 heterocycles. The van der Waals surface area contributed by atoms with Crippen molar-refractivity contribution >= 4 is 16.9 Å². The third kappa shape index (κ3) is 2.36. The van der Waals surface area contributed by atoms with Gasteiger partial charge in [-0.15, -0.1) is 0 Å². The number of fused-ring (bicyclic) bond motifs is 1. The summed E-state index contributed by atoms with van der Waals surface area (Å²) in [4.78, 5) is 22.5. The zero-order chi connectivity index (χ0) is 12.4. The third-order valence-corrected chi connectivity index (χ3v) is 2.40. The van der Waals surface area contributed by atoms with Gasteiger partial charge in [-0.1, -0.05) is 6.92 Å². The number of hydrogen-bond donors (Lipinski definition) is 0. The van der Waals surface area contributed by atoms with Crippen LogP contribution in [0.1, 0.15) is 18.9 Å². The molecular weight excluding hydrogens is 220 g/mol. The minimum absolute atomic E-state index is 0.301. The molecule has 0 aliphatic rings. The molecule has 17 heavy (non-hydrogen) atoms. The van der Waals surface area contributed by atoms with E-state index in [0.717, 1.165) is 5.39 Å². The first kappa shape index (κ1) is 11.4. The van der Waals surface area contributed by atoms with E-state index < -0.39 is 0 Å². The Morgan fingerprint density at radius 3 is 2.82 bits per heavy atom. The first-order valence-corrected chi connectivity index (χ1v) is 5.35. The number of hydrogen-bond acceptors (Lipinski definition) is 4. The summed E-state index contributed by atoms with van der Waals surface area (Å²) < 4.78 is 10.1. The predicted octanol–water partition coefficient (Wildman–Crippen LogP) is 2.42. The molecule has 0 amide bonds. The van der Waals surface area contributed by atoms with E-state index in [1.165, 1.54) is 0 Å². The maximum absolute atomic E-state index is 11.3. The topological polar surface area (TPSA) is 56.5 Å². The van der Waals surface area contributed by atoms with E-state index in [9.17, 15) is 9.59 Å². The van der Waals surface area contributed by atoms with Crippen molar-refractivity contribution in [2.24, 2.45) is 0 Å². The Bertz CT molecular complexity index is 625. The number of aryl methyl sites for hydroxylation is 1. The zero-order valence-corrected chi connectivity index (χ0v) is 9.65. The van der Waals surface area contributed by atoms with Gasteiger partial charge in [0.1, 0.15) is 11.3 Å². The summed E-state index contributed by atoms with van der Waals surface area (Å²) in [5, 5.41) is 0.804. The van der Waals surface area contributed by atoms with Gasteiger partial charge < -0.3 is 9.15 Å². The smallest absolute Gasteiger partial charge is 0.339 e. The Hall–Kier alpha value is -2.10. The van der Waals surface area contributed by atoms with Crippen molar-refractivity contribution in [1.29, 1.82) is 0 Å². The second-order valence-electron chi connectivity index (χ2n) is 3.74. The summed E-state index contributed by atoms with van der Waals surface area (Å²) in [6, 6.07) is 6.72. The Morgan fingerprint density at radius 1 is 1.35 bits per heavy atom. The number of carbonyl (C=O) groups is 1. The highest BCUT2D eigenvalue weighted by atomic mass is 16.5. The van der Waals surface area contributed by atoms with Crippen molar-refractivity contribution in [3.05, 3.63) is 40.2 Å². The molecule has 1 aromatic heterocycles. The van der Waals surface area contributed by atoms with E-state index in [1.807, 2.05) is 0 Å². The molecular formula is C13H12O4. The first-order chi connectivity index (χ1) is 8.10. The first-order valence-electron chi connectivity index (χ1n) is 5.35. The molecule has 0 bridgehead atoms. The molecule has 0 aliphatic carbocycles. The Kier molecular flexibility index (Phi) is 2.95. The quantitative estimate of drug-likeness (QED) is 0.453. The van der Waals surface area contributed by atoms with Crippen molar-refractivity contribution in [2.75, 3.05) is 0 Å². The minimum atomic E-state index is -0.378. The predicted molar refractivity (Wildman–Crippen MR) is 63.1 cm³/mol. The van der Waals surface area contributed by atoms with Gasteiger partial charge in [-0.3, -0.25) is 4.79 Å². The van der Waals surface area contributed by atoms with E-state index in [4.69, 9.17) is 9.15 Å². The standard InChI is InChI=1S/C13H12O4/c1-3-12(14)16-10-5-4-9-6-8(2)13(15)17-11(9)7-10/h4-7H,3H2,1-2H3. The second kappa shape index (κ2) is 4.41. The summed E-state index contributed by atoms with van der Waals surface area (Å²) in [7, 11) is 0. The van der Waals surface area contributed by atoms with E-state index in [2.05, 4.69) is 0 Å². The molecule has 0 unspecified atom stereocenters. The van der Waals surface area contributed by atoms with Crippen LogP contribution in [0.2, 0.25) is 0 Å². The van der Waals surface area contributed by atoms with Gasteiger partial charge in [0.25, 0.3) is 0 Å². The van der Waals surface area contributed by atoms with Crippen LogP contribution < -0.4 is 10.4 Å². The van der Waals surface area contributed by atoms with Gasteiger partial charge >= 0.3 is 11.6 Å². The van der Waals surface area contributed by atoms with Crippen LogP contribution in [0.4, 0.5) is 0 Å². The van der Waals surface area contributed by atoms with Crippen LogP contribution in [0.3, 0.4) is 0 Å². The molecule has 2 aromatic rings. The van der Waals surface area contributed by atoms with E-state index >= 15 is 0 Å². The van der Waals surface area contributed by atoms with Gasteiger partial charge in [-0.05, 0) is 25.1 Å². The number of ether oxygens (including phenoxy) is 1. The maximum Gasteiger partial charge on any atom is 0.339 e. The average Bonchev–Trinajstić information content (AvgIpc) is 2.31. The highest BCUT2D eigenvalue weighted by Crippen LogP contribution is 2.20. The van der Waals surface area contributed by atoms with Crippen LogP contribution >= 0.6 is 0 Å². The van der Waals surface area contributed by atoms with Crippen LogP contribution in [0, 0.1) is 6.92 Å². The number of rotatable bonds is 2. The van der Waals surface area contributed by atoms with Crippen molar-refractivity contribution in [1.82, 2.24) is 0 Å². The molecule has 0 saturated heterocycles. The van der Waals surface area contributed by atoms with Crippen molar-refractivity contribution < 1.29 is 13.9 Å². The Morgan fingerprint density at radius 2 is 2.12 bits per heavy atom. The molecule has 2 rings (SSSR count). The molecule has 0 radical (unpaired) electrons. The van der Waals surface area contributed by atoms with Crippen LogP contribution in [0.25, 0.3) is 11.0 Å². The van der Waals surface area contributed by atoms with E-state index in [1.54, 1.807) is 38.1 Å². The normalized spacial score (nSPS) is 10.5. The molecule has 0 saturated carbocycles. The van der Waals surface area contributed by atoms with E-state index in [0.29, 0.717) is 23.3 Å². The molecule has 4 heteroatoms. The maximum atomic E-state index is 11.3. The summed E-state index contributed by atoms with van der Waals surface area (Å²) in [5.41, 5.74) is 0.592. The fourth-order valence-corrected chi connectivity index (χ4v) is 1.46. The van der Waals surface area contributed by atoms with Gasteiger partial charge in [-0.2, -0.15) is 0 Å². The highest BCUT2D eigenvalue weighted by molar-refractivity contribution is 5.80. The molecule has 88 valence electrons. The van der Waals surface area contributed by atoms with Crippen LogP contribution in [0.15, 0.2) is 33.5 Å². The monoisotopic (exact) mass is 232 g/mol. The summed E-state index contributed by atoms with van der Waals surface area (Å²) >= 11 is 0. The van der Waals surface area contributed by atoms with Crippen molar-refractivity contribution in [3.63, 3.8) is 0 Å². The fourth-order valence-electron chi connectivity index (χ4n) is 1.46. The molecule has 4 nitrogen and oxygen atoms in total. The van der Waals surface area contributed by atoms with Gasteiger partial charge in [0, 0.05) is 23.4 Å². The van der Waals surface area contributed by atoms with Crippen molar-refractivity contribution in [3.8, 4) is 5.75 Å². The van der Waals surface area contributed by atoms with E-state index in [-0.39, 0.29) is 11.6 Å². The zero-order valence-electron chi connectivity index (χ0n) is 9.65. The second-order valence-corrected chi connectivity index (χ2v) is 3.74. The molecule has 0 spiro atoms. The summed E-state index contributed by atoms with van der Waals surface area (Å²) in [6.45, 7) is 3.41. The fraction of sp³-hybridized carbons (Fsp3) is 0.231. The number of carbonyl (C=O) groups excluding carboxylic acids is 1. The third-order valence-electron chi connectivity index (χ3n) is 2.40. The number of esters is 1. The lowest BCUT2D eigenvalue weighted by Crippen LogP contribution is -2.06. The summed E-state index contributed by atoms with van der Waals surface area (Å²) in [6.07, 6.45) is 0.301. The van der Waals surface area contributed by atoms with Crippen LogP contribution in [-0.4, -0.2) is 5.97 Å². The van der Waals surface area contributed by atoms with Gasteiger partial charge in [-0.25, -0.2) is 4.79 Å². The molecule has 0 atom stereocenters. The SMILES string of the molecule is CCC(=O)Oc1ccc2cc(C)c(=O)oc2c1. The lowest BCUT2D eigenvalue weighted by Gasteiger charge is -2.03. The minimum Gasteiger partial charge on any atom is -0.426 e. The van der Waals surface area contributed by atoms with Crippen LogP contribution in [-0.2, 0) is 4.79 Å². The molecule has 1 aromatic carbocycles. The molecule has 0 N–H and O–H groups in total. The van der Waals surface area contributed by atoms with Gasteiger partial charge in [0.15, 0.2) is 0 Å². The van der Waals surface area contributed by atoms with Crippen LogP contribution in [0.5, 0.6) is 5.75 Å². The largest absolute Gasteiger partial charge is 0.426 e. The number of benzene rings is 1. The van der Waals surface area contributed by atoms with Gasteiger partial charge in [0.05, 0.1) is 0 Å². The highest BCUT2D eigenvalue weighted by Gasteiger charge is 2.05.